The van der Waals surface area contributed by atoms with Crippen LogP contribution in [0.25, 0.3) is 16.4 Å². The minimum atomic E-state index is -0.545. The van der Waals surface area contributed by atoms with Crippen LogP contribution in [0.5, 0.6) is 0 Å². The average Bonchev–Trinajstić information content (AvgIpc) is 3.53. The second kappa shape index (κ2) is 9.88. The van der Waals surface area contributed by atoms with E-state index >= 15 is 0 Å². The van der Waals surface area contributed by atoms with Crippen molar-refractivity contribution >= 4 is 34.8 Å². The number of hydrogen-bond donors (Lipinski definition) is 2. The Hall–Kier alpha value is -4.31. The number of nitrogens with zero attached hydrogens (tertiary/aromatic N) is 3. The third kappa shape index (κ3) is 5.13. The topological polar surface area (TPSA) is 115 Å². The number of benzene rings is 2. The van der Waals surface area contributed by atoms with E-state index in [1.165, 1.54) is 30.6 Å². The number of carbonyl (C=O) groups is 3. The summed E-state index contributed by atoms with van der Waals surface area (Å²) in [5.41, 5.74) is 1.59. The second-order valence-electron chi connectivity index (χ2n) is 6.77. The van der Waals surface area contributed by atoms with E-state index in [0.29, 0.717) is 17.1 Å². The summed E-state index contributed by atoms with van der Waals surface area (Å²) in [6.07, 6.45) is 0. The highest BCUT2D eigenvalue weighted by Gasteiger charge is 2.19. The number of aromatic nitrogens is 3. The molecule has 4 rings (SSSR count). The highest BCUT2D eigenvalue weighted by molar-refractivity contribution is 7.13. The Morgan fingerprint density at radius 2 is 1.73 bits per heavy atom. The van der Waals surface area contributed by atoms with Crippen molar-refractivity contribution in [1.82, 2.24) is 20.1 Å². The number of hydrogen-bond acceptors (Lipinski definition) is 7. The molecule has 0 bridgehead atoms. The van der Waals surface area contributed by atoms with Gasteiger partial charge in [0.25, 0.3) is 11.8 Å². The van der Waals surface area contributed by atoms with Crippen molar-refractivity contribution in [3.05, 3.63) is 83.5 Å². The number of thiophene rings is 1. The van der Waals surface area contributed by atoms with Crippen LogP contribution in [0.4, 0.5) is 5.69 Å². The number of carbonyl (C=O) groups excluding carboxylic acids is 3. The number of ether oxygens (including phenoxy) is 1. The minimum Gasteiger partial charge on any atom is -0.468 e. The summed E-state index contributed by atoms with van der Waals surface area (Å²) >= 11 is 1.50. The molecule has 0 fully saturated rings. The fourth-order valence-corrected chi connectivity index (χ4v) is 3.64. The van der Waals surface area contributed by atoms with Crippen LogP contribution in [0.15, 0.2) is 72.1 Å². The van der Waals surface area contributed by atoms with Crippen LogP contribution in [-0.4, -0.2) is 46.2 Å². The van der Waals surface area contributed by atoms with Crippen molar-refractivity contribution < 1.29 is 19.1 Å². The number of methoxy groups -OCH3 is 1. The highest BCUT2D eigenvalue weighted by Crippen LogP contribution is 2.25. The lowest BCUT2D eigenvalue weighted by Crippen LogP contribution is -2.30. The van der Waals surface area contributed by atoms with E-state index in [9.17, 15) is 14.4 Å². The van der Waals surface area contributed by atoms with Crippen molar-refractivity contribution in [3.8, 4) is 16.4 Å². The molecule has 0 unspecified atom stereocenters. The maximum Gasteiger partial charge on any atom is 0.325 e. The standard InChI is InChI=1S/C23H19N5O4S/c1-32-19(29)14-24-22(30)15-9-11-16(12-10-15)25-23(31)20-26-21(18-8-5-13-33-18)28(27-20)17-6-3-2-4-7-17/h2-13H,14H2,1H3,(H,24,30)(H,25,31). The van der Waals surface area contributed by atoms with Crippen molar-refractivity contribution in [2.45, 2.75) is 0 Å². The maximum absolute atomic E-state index is 12.8. The molecule has 0 saturated carbocycles. The molecule has 0 aliphatic carbocycles. The van der Waals surface area contributed by atoms with E-state index in [1.807, 2.05) is 47.8 Å². The summed E-state index contributed by atoms with van der Waals surface area (Å²) in [4.78, 5) is 41.4. The molecule has 2 N–H and O–H groups in total. The van der Waals surface area contributed by atoms with E-state index in [2.05, 4.69) is 25.5 Å². The van der Waals surface area contributed by atoms with Gasteiger partial charge in [-0.05, 0) is 47.8 Å². The van der Waals surface area contributed by atoms with Gasteiger partial charge in [-0.25, -0.2) is 9.67 Å². The van der Waals surface area contributed by atoms with Gasteiger partial charge in [0.15, 0.2) is 5.82 Å². The Balaban J connectivity index is 1.51. The lowest BCUT2D eigenvalue weighted by atomic mass is 10.2. The SMILES string of the molecule is COC(=O)CNC(=O)c1ccc(NC(=O)c2nc(-c3cccs3)n(-c3ccccc3)n2)cc1. The highest BCUT2D eigenvalue weighted by atomic mass is 32.1. The minimum absolute atomic E-state index is 0.0159. The molecule has 0 spiro atoms. The summed E-state index contributed by atoms with van der Waals surface area (Å²) < 4.78 is 6.12. The van der Waals surface area contributed by atoms with Gasteiger partial charge < -0.3 is 15.4 Å². The second-order valence-corrected chi connectivity index (χ2v) is 7.72. The molecule has 2 aromatic heterocycles. The number of amides is 2. The van der Waals surface area contributed by atoms with Crippen LogP contribution in [0.1, 0.15) is 21.0 Å². The van der Waals surface area contributed by atoms with Crippen LogP contribution in [0, 0.1) is 0 Å². The zero-order chi connectivity index (χ0) is 23.2. The van der Waals surface area contributed by atoms with Crippen LogP contribution in [-0.2, 0) is 9.53 Å². The average molecular weight is 462 g/mol. The molecule has 2 heterocycles. The molecule has 2 aromatic carbocycles. The molecule has 0 aliphatic heterocycles. The normalized spacial score (nSPS) is 10.5. The number of nitrogens with one attached hydrogen (secondary N) is 2. The summed E-state index contributed by atoms with van der Waals surface area (Å²) in [6, 6.07) is 19.5. The van der Waals surface area contributed by atoms with Gasteiger partial charge in [-0.3, -0.25) is 14.4 Å². The van der Waals surface area contributed by atoms with Gasteiger partial charge in [-0.2, -0.15) is 0 Å². The van der Waals surface area contributed by atoms with Gasteiger partial charge in [0.05, 0.1) is 17.7 Å². The predicted molar refractivity (Wildman–Crippen MR) is 123 cm³/mol. The largest absolute Gasteiger partial charge is 0.468 e. The van der Waals surface area contributed by atoms with Gasteiger partial charge in [-0.15, -0.1) is 16.4 Å². The third-order valence-corrected chi connectivity index (χ3v) is 5.44. The third-order valence-electron chi connectivity index (χ3n) is 4.58. The summed E-state index contributed by atoms with van der Waals surface area (Å²) in [6.45, 7) is -0.226. The van der Waals surface area contributed by atoms with E-state index in [4.69, 9.17) is 0 Å². The summed E-state index contributed by atoms with van der Waals surface area (Å²) in [5.74, 6) is -0.870. The molecule has 9 nitrogen and oxygen atoms in total. The smallest absolute Gasteiger partial charge is 0.325 e. The molecular formula is C23H19N5O4S. The Bertz CT molecular complexity index is 1270. The molecule has 2 amide bonds. The molecule has 0 atom stereocenters. The fourth-order valence-electron chi connectivity index (χ4n) is 2.94. The molecule has 4 aromatic rings. The maximum atomic E-state index is 12.8. The quantitative estimate of drug-likeness (QED) is 0.409. The first kappa shape index (κ1) is 21.9. The first-order valence-electron chi connectivity index (χ1n) is 9.88. The van der Waals surface area contributed by atoms with Gasteiger partial charge in [0.1, 0.15) is 6.54 Å². The van der Waals surface area contributed by atoms with Crippen molar-refractivity contribution in [3.63, 3.8) is 0 Å². The van der Waals surface area contributed by atoms with E-state index in [1.54, 1.807) is 16.8 Å². The number of anilines is 1. The van der Waals surface area contributed by atoms with E-state index in [0.717, 1.165) is 10.6 Å². The van der Waals surface area contributed by atoms with Gasteiger partial charge in [0.2, 0.25) is 5.82 Å². The van der Waals surface area contributed by atoms with E-state index in [-0.39, 0.29) is 12.4 Å². The fraction of sp³-hybridized carbons (Fsp3) is 0.0870. The monoisotopic (exact) mass is 461 g/mol. The summed E-state index contributed by atoms with van der Waals surface area (Å²) in [5, 5.41) is 11.5. The Labute approximate surface area is 193 Å². The molecule has 0 aliphatic rings. The van der Waals surface area contributed by atoms with Crippen LogP contribution >= 0.6 is 11.3 Å². The van der Waals surface area contributed by atoms with Crippen molar-refractivity contribution in [2.75, 3.05) is 19.0 Å². The lowest BCUT2D eigenvalue weighted by molar-refractivity contribution is -0.139. The Morgan fingerprint density at radius 3 is 2.39 bits per heavy atom. The van der Waals surface area contributed by atoms with Crippen LogP contribution in [0.2, 0.25) is 0 Å². The van der Waals surface area contributed by atoms with Crippen LogP contribution in [0.3, 0.4) is 0 Å². The van der Waals surface area contributed by atoms with Gasteiger partial charge >= 0.3 is 5.97 Å². The van der Waals surface area contributed by atoms with Crippen LogP contribution < -0.4 is 10.6 Å². The number of esters is 1. The van der Waals surface area contributed by atoms with Crippen molar-refractivity contribution in [1.29, 1.82) is 0 Å². The van der Waals surface area contributed by atoms with Crippen molar-refractivity contribution in [2.24, 2.45) is 0 Å². The van der Waals surface area contributed by atoms with Gasteiger partial charge in [-0.1, -0.05) is 24.3 Å². The molecular weight excluding hydrogens is 442 g/mol. The molecule has 0 radical (unpaired) electrons. The Kier molecular flexibility index (Phi) is 6.56. The molecule has 33 heavy (non-hydrogen) atoms. The molecule has 0 saturated heterocycles. The van der Waals surface area contributed by atoms with E-state index < -0.39 is 17.8 Å². The number of para-hydroxylation sites is 1. The predicted octanol–water partition coefficient (Wildman–Crippen LogP) is 3.15. The molecule has 166 valence electrons. The number of rotatable bonds is 7. The zero-order valence-electron chi connectivity index (χ0n) is 17.5. The first-order chi connectivity index (χ1) is 16.0. The van der Waals surface area contributed by atoms with Gasteiger partial charge in [0, 0.05) is 11.3 Å². The zero-order valence-corrected chi connectivity index (χ0v) is 18.3. The Morgan fingerprint density at radius 1 is 0.970 bits per heavy atom. The summed E-state index contributed by atoms with van der Waals surface area (Å²) in [7, 11) is 1.24. The molecule has 10 heteroatoms. The first-order valence-corrected chi connectivity index (χ1v) is 10.8. The lowest BCUT2D eigenvalue weighted by Gasteiger charge is -2.06.